The molecule has 0 aliphatic carbocycles. The molecule has 0 atom stereocenters. The Kier molecular flexibility index (Phi) is 5.76. The summed E-state index contributed by atoms with van der Waals surface area (Å²) < 4.78 is 5.14. The van der Waals surface area contributed by atoms with Crippen molar-refractivity contribution in [1.29, 1.82) is 0 Å². The van der Waals surface area contributed by atoms with Gasteiger partial charge in [-0.05, 0) is 12.0 Å². The van der Waals surface area contributed by atoms with Crippen LogP contribution in [0.15, 0.2) is 18.2 Å². The van der Waals surface area contributed by atoms with Crippen LogP contribution in [-0.2, 0) is 4.74 Å². The first-order valence-corrected chi connectivity index (χ1v) is 6.49. The second-order valence-corrected chi connectivity index (χ2v) is 4.55. The Labute approximate surface area is 116 Å². The highest BCUT2D eigenvalue weighted by atomic mass is 35.5. The van der Waals surface area contributed by atoms with Gasteiger partial charge in [-0.2, -0.15) is 0 Å². The molecule has 0 aliphatic heterocycles. The Morgan fingerprint density at radius 1 is 1.42 bits per heavy atom. The average Bonchev–Trinajstić information content (AvgIpc) is 2.39. The van der Waals surface area contributed by atoms with Crippen molar-refractivity contribution in [2.75, 3.05) is 6.61 Å². The molecule has 0 radical (unpaired) electrons. The number of benzene rings is 1. The molecule has 5 nitrogen and oxygen atoms in total. The van der Waals surface area contributed by atoms with E-state index in [4.69, 9.17) is 16.3 Å². The first kappa shape index (κ1) is 15.4. The quantitative estimate of drug-likeness (QED) is 0.452. The van der Waals surface area contributed by atoms with E-state index in [1.54, 1.807) is 0 Å². The molecule has 0 heterocycles. The zero-order chi connectivity index (χ0) is 14.4. The third-order valence-corrected chi connectivity index (χ3v) is 3.40. The maximum absolute atomic E-state index is 11.8. The summed E-state index contributed by atoms with van der Waals surface area (Å²) in [7, 11) is 0. The molecule has 1 aromatic carbocycles. The third-order valence-electron chi connectivity index (χ3n) is 3.00. The van der Waals surface area contributed by atoms with Gasteiger partial charge in [-0.3, -0.25) is 10.1 Å². The number of rotatable bonds is 6. The maximum atomic E-state index is 11.8. The molecule has 0 saturated heterocycles. The van der Waals surface area contributed by atoms with E-state index in [1.165, 1.54) is 18.2 Å². The van der Waals surface area contributed by atoms with E-state index in [0.29, 0.717) is 12.5 Å². The second kappa shape index (κ2) is 7.09. The maximum Gasteiger partial charge on any atom is 0.339 e. The van der Waals surface area contributed by atoms with Gasteiger partial charge >= 0.3 is 5.97 Å². The number of hydrogen-bond acceptors (Lipinski definition) is 4. The Bertz CT molecular complexity index is 472. The molecule has 0 unspecified atom stereocenters. The second-order valence-electron chi connectivity index (χ2n) is 4.18. The minimum Gasteiger partial charge on any atom is -0.462 e. The molecule has 0 bridgehead atoms. The van der Waals surface area contributed by atoms with Crippen molar-refractivity contribution in [2.45, 2.75) is 26.7 Å². The topological polar surface area (TPSA) is 69.4 Å². The molecule has 1 rings (SSSR count). The number of hydrogen-bond donors (Lipinski definition) is 0. The van der Waals surface area contributed by atoms with E-state index in [-0.39, 0.29) is 16.3 Å². The Hall–Kier alpha value is -1.62. The van der Waals surface area contributed by atoms with Crippen LogP contribution < -0.4 is 0 Å². The Morgan fingerprint density at radius 3 is 2.58 bits per heavy atom. The summed E-state index contributed by atoms with van der Waals surface area (Å²) in [6, 6.07) is 4.09. The highest BCUT2D eigenvalue weighted by Gasteiger charge is 2.21. The van der Waals surface area contributed by atoms with Gasteiger partial charge in [0, 0.05) is 6.07 Å². The van der Waals surface area contributed by atoms with Gasteiger partial charge in [-0.1, -0.05) is 44.4 Å². The van der Waals surface area contributed by atoms with Crippen molar-refractivity contribution in [2.24, 2.45) is 5.92 Å². The molecule has 1 aromatic rings. The Morgan fingerprint density at radius 2 is 2.05 bits per heavy atom. The predicted molar refractivity (Wildman–Crippen MR) is 72.5 cm³/mol. The molecule has 0 amide bonds. The number of ether oxygens (including phenoxy) is 1. The number of nitrogens with zero attached hydrogens (tertiary/aromatic N) is 1. The van der Waals surface area contributed by atoms with Crippen LogP contribution in [0.1, 0.15) is 37.0 Å². The lowest BCUT2D eigenvalue weighted by molar-refractivity contribution is -0.384. The summed E-state index contributed by atoms with van der Waals surface area (Å²) in [4.78, 5) is 21.9. The molecule has 0 aromatic heterocycles. The van der Waals surface area contributed by atoms with Crippen molar-refractivity contribution in [3.63, 3.8) is 0 Å². The molecule has 0 spiro atoms. The van der Waals surface area contributed by atoms with Crippen molar-refractivity contribution in [1.82, 2.24) is 0 Å². The van der Waals surface area contributed by atoms with Crippen molar-refractivity contribution < 1.29 is 14.5 Å². The standard InChI is InChI=1S/C13H16ClNO4/c1-3-9(4-2)8-19-13(16)10-6-5-7-11(12(10)14)15(17)18/h5-7,9H,3-4,8H2,1-2H3. The summed E-state index contributed by atoms with van der Waals surface area (Å²) in [5.41, 5.74) is -0.263. The molecule has 0 aliphatic rings. The van der Waals surface area contributed by atoms with Gasteiger partial charge in [0.25, 0.3) is 5.69 Å². The number of halogens is 1. The molecule has 104 valence electrons. The van der Waals surface area contributed by atoms with E-state index in [2.05, 4.69) is 0 Å². The van der Waals surface area contributed by atoms with Gasteiger partial charge < -0.3 is 4.74 Å². The Balaban J connectivity index is 2.83. The molecule has 19 heavy (non-hydrogen) atoms. The van der Waals surface area contributed by atoms with Crippen molar-refractivity contribution in [3.8, 4) is 0 Å². The molecule has 0 N–H and O–H groups in total. The fraction of sp³-hybridized carbons (Fsp3) is 0.462. The first-order chi connectivity index (χ1) is 9.01. The lowest BCUT2D eigenvalue weighted by atomic mass is 10.1. The third kappa shape index (κ3) is 3.92. The zero-order valence-corrected chi connectivity index (χ0v) is 11.6. The monoisotopic (exact) mass is 285 g/mol. The van der Waals surface area contributed by atoms with Crippen LogP contribution in [0.25, 0.3) is 0 Å². The highest BCUT2D eigenvalue weighted by molar-refractivity contribution is 6.35. The minimum absolute atomic E-state index is 0.0295. The summed E-state index contributed by atoms with van der Waals surface area (Å²) in [6.45, 7) is 4.33. The summed E-state index contributed by atoms with van der Waals surface area (Å²) in [6.07, 6.45) is 1.82. The van der Waals surface area contributed by atoms with Gasteiger partial charge in [0.2, 0.25) is 0 Å². The van der Waals surface area contributed by atoms with E-state index < -0.39 is 10.9 Å². The lowest BCUT2D eigenvalue weighted by Crippen LogP contribution is -2.14. The number of nitro benzene ring substituents is 1. The predicted octanol–water partition coefficient (Wildman–Crippen LogP) is 3.84. The SMILES string of the molecule is CCC(CC)COC(=O)c1cccc([N+](=O)[O-])c1Cl. The van der Waals surface area contributed by atoms with E-state index in [1.807, 2.05) is 13.8 Å². The van der Waals surface area contributed by atoms with Crippen LogP contribution >= 0.6 is 11.6 Å². The van der Waals surface area contributed by atoms with Gasteiger partial charge in [-0.15, -0.1) is 0 Å². The molecular formula is C13H16ClNO4. The molecule has 0 fully saturated rings. The van der Waals surface area contributed by atoms with E-state index in [0.717, 1.165) is 12.8 Å². The minimum atomic E-state index is -0.625. The lowest BCUT2D eigenvalue weighted by Gasteiger charge is -2.12. The van der Waals surface area contributed by atoms with E-state index >= 15 is 0 Å². The van der Waals surface area contributed by atoms with Gasteiger partial charge in [0.1, 0.15) is 5.02 Å². The van der Waals surface area contributed by atoms with Crippen molar-refractivity contribution in [3.05, 3.63) is 38.9 Å². The molecular weight excluding hydrogens is 270 g/mol. The number of esters is 1. The van der Waals surface area contributed by atoms with E-state index in [9.17, 15) is 14.9 Å². The molecule has 0 saturated carbocycles. The van der Waals surface area contributed by atoms with Crippen LogP contribution in [0.5, 0.6) is 0 Å². The molecule has 6 heteroatoms. The fourth-order valence-electron chi connectivity index (χ4n) is 1.61. The van der Waals surface area contributed by atoms with Crippen LogP contribution in [0.3, 0.4) is 0 Å². The van der Waals surface area contributed by atoms with Crippen molar-refractivity contribution >= 4 is 23.3 Å². The largest absolute Gasteiger partial charge is 0.462 e. The van der Waals surface area contributed by atoms with Crippen LogP contribution in [0, 0.1) is 16.0 Å². The summed E-state index contributed by atoms with van der Waals surface area (Å²) >= 11 is 5.84. The summed E-state index contributed by atoms with van der Waals surface area (Å²) in [5, 5.41) is 10.5. The normalized spacial score (nSPS) is 10.5. The highest BCUT2D eigenvalue weighted by Crippen LogP contribution is 2.28. The average molecular weight is 286 g/mol. The van der Waals surface area contributed by atoms with Crippen LogP contribution in [0.4, 0.5) is 5.69 Å². The number of carbonyl (C=O) groups is 1. The number of carbonyl (C=O) groups excluding carboxylic acids is 1. The van der Waals surface area contributed by atoms with Crippen LogP contribution in [-0.4, -0.2) is 17.5 Å². The fourth-order valence-corrected chi connectivity index (χ4v) is 1.89. The smallest absolute Gasteiger partial charge is 0.339 e. The number of nitro groups is 1. The summed E-state index contributed by atoms with van der Waals surface area (Å²) in [5.74, 6) is -0.331. The van der Waals surface area contributed by atoms with Gasteiger partial charge in [-0.25, -0.2) is 4.79 Å². The zero-order valence-electron chi connectivity index (χ0n) is 10.9. The first-order valence-electron chi connectivity index (χ1n) is 6.11. The van der Waals surface area contributed by atoms with Crippen LogP contribution in [0.2, 0.25) is 5.02 Å². The van der Waals surface area contributed by atoms with Gasteiger partial charge in [0.05, 0.1) is 17.1 Å². The van der Waals surface area contributed by atoms with Gasteiger partial charge in [0.15, 0.2) is 0 Å².